The zero-order chi connectivity index (χ0) is 23.4. The van der Waals surface area contributed by atoms with Gasteiger partial charge in [0, 0.05) is 28.9 Å². The van der Waals surface area contributed by atoms with E-state index in [-0.39, 0.29) is 12.5 Å². The second-order valence-electron chi connectivity index (χ2n) is 8.08. The third-order valence-electron chi connectivity index (χ3n) is 5.55. The Hall–Kier alpha value is -3.42. The summed E-state index contributed by atoms with van der Waals surface area (Å²) in [6.45, 7) is 5.41. The third kappa shape index (κ3) is 5.32. The molecule has 0 saturated carbocycles. The van der Waals surface area contributed by atoms with Gasteiger partial charge in [0.1, 0.15) is 5.82 Å². The number of hydrogen-bond donors (Lipinski definition) is 1. The molecule has 0 fully saturated rings. The number of aromatic nitrogens is 4. The normalized spacial score (nSPS) is 11.2. The molecular weight excluding hydrogens is 436 g/mol. The maximum Gasteiger partial charge on any atom is 0.239 e. The lowest BCUT2D eigenvalue weighted by Gasteiger charge is -2.17. The van der Waals surface area contributed by atoms with Crippen molar-refractivity contribution in [2.45, 2.75) is 26.9 Å². The first-order valence-corrected chi connectivity index (χ1v) is 11.1. The Morgan fingerprint density at radius 1 is 1.06 bits per heavy atom. The molecule has 1 N–H and O–H groups in total. The van der Waals surface area contributed by atoms with E-state index in [2.05, 4.69) is 17.3 Å². The summed E-state index contributed by atoms with van der Waals surface area (Å²) >= 11 is 6.27. The van der Waals surface area contributed by atoms with Crippen molar-refractivity contribution < 1.29 is 4.79 Å². The highest BCUT2D eigenvalue weighted by Gasteiger charge is 2.17. The summed E-state index contributed by atoms with van der Waals surface area (Å²) in [4.78, 5) is 14.7. The highest BCUT2D eigenvalue weighted by molar-refractivity contribution is 6.31. The third-order valence-corrected chi connectivity index (χ3v) is 5.91. The monoisotopic (exact) mass is 462 g/mol. The average Bonchev–Trinajstić information content (AvgIpc) is 3.34. The van der Waals surface area contributed by atoms with Crippen LogP contribution in [0.2, 0.25) is 5.02 Å². The van der Waals surface area contributed by atoms with Crippen LogP contribution in [0.1, 0.15) is 22.5 Å². The smallest absolute Gasteiger partial charge is 0.239 e. The summed E-state index contributed by atoms with van der Waals surface area (Å²) in [7, 11) is 1.93. The van der Waals surface area contributed by atoms with Gasteiger partial charge in [-0.15, -0.1) is 0 Å². The molecule has 0 atom stereocenters. The van der Waals surface area contributed by atoms with E-state index in [1.807, 2.05) is 78.2 Å². The molecule has 7 nitrogen and oxygen atoms in total. The molecule has 0 unspecified atom stereocenters. The SMILES string of the molecule is Cc1nn(-c2ccccc2)c(C)c1CN(C)CC(=O)Nc1ccnn1Cc1ccccc1Cl. The lowest BCUT2D eigenvalue weighted by molar-refractivity contribution is -0.117. The van der Waals surface area contributed by atoms with Crippen LogP contribution < -0.4 is 5.32 Å². The second-order valence-corrected chi connectivity index (χ2v) is 8.49. The number of benzene rings is 2. The van der Waals surface area contributed by atoms with E-state index < -0.39 is 0 Å². The maximum absolute atomic E-state index is 12.7. The average molecular weight is 463 g/mol. The van der Waals surface area contributed by atoms with Crippen LogP contribution >= 0.6 is 11.6 Å². The van der Waals surface area contributed by atoms with E-state index in [4.69, 9.17) is 16.7 Å². The first kappa shape index (κ1) is 22.8. The van der Waals surface area contributed by atoms with Crippen LogP contribution in [0.15, 0.2) is 66.9 Å². The number of likely N-dealkylation sites (N-methyl/N-ethyl adjacent to an activating group) is 1. The van der Waals surface area contributed by atoms with Crippen molar-refractivity contribution in [3.63, 3.8) is 0 Å². The van der Waals surface area contributed by atoms with Crippen LogP contribution in [0, 0.1) is 13.8 Å². The van der Waals surface area contributed by atoms with E-state index in [1.165, 1.54) is 0 Å². The number of carbonyl (C=O) groups excluding carboxylic acids is 1. The molecule has 8 heteroatoms. The Balaban J connectivity index is 1.39. The van der Waals surface area contributed by atoms with Gasteiger partial charge in [0.15, 0.2) is 0 Å². The van der Waals surface area contributed by atoms with E-state index in [9.17, 15) is 4.79 Å². The van der Waals surface area contributed by atoms with Crippen molar-refractivity contribution in [3.8, 4) is 5.69 Å². The lowest BCUT2D eigenvalue weighted by atomic mass is 10.2. The first-order chi connectivity index (χ1) is 15.9. The van der Waals surface area contributed by atoms with Gasteiger partial charge in [0.05, 0.1) is 30.7 Å². The number of hydrogen-bond acceptors (Lipinski definition) is 4. The zero-order valence-corrected chi connectivity index (χ0v) is 19.8. The molecular formula is C25H27ClN6O. The standard InChI is InChI=1S/C25H27ClN6O/c1-18-22(19(2)32(29-18)21-10-5-4-6-11-21)16-30(3)17-25(33)28-24-13-14-27-31(24)15-20-9-7-8-12-23(20)26/h4-14H,15-17H2,1-3H3,(H,28,33). The molecule has 0 saturated heterocycles. The molecule has 4 aromatic rings. The fourth-order valence-corrected chi connectivity index (χ4v) is 4.03. The highest BCUT2D eigenvalue weighted by atomic mass is 35.5. The van der Waals surface area contributed by atoms with Crippen LogP contribution in [0.25, 0.3) is 5.69 Å². The Kier molecular flexibility index (Phi) is 6.91. The fourth-order valence-electron chi connectivity index (χ4n) is 3.83. The largest absolute Gasteiger partial charge is 0.310 e. The summed E-state index contributed by atoms with van der Waals surface area (Å²) in [5, 5.41) is 12.7. The second kappa shape index (κ2) is 10.0. The number of aryl methyl sites for hydroxylation is 1. The molecule has 0 spiro atoms. The predicted octanol–water partition coefficient (Wildman–Crippen LogP) is 4.46. The number of halogens is 1. The Bertz CT molecular complexity index is 1250. The lowest BCUT2D eigenvalue weighted by Crippen LogP contribution is -2.31. The van der Waals surface area contributed by atoms with Gasteiger partial charge in [-0.1, -0.05) is 48.0 Å². The van der Waals surface area contributed by atoms with Gasteiger partial charge in [0.25, 0.3) is 0 Å². The summed E-state index contributed by atoms with van der Waals surface area (Å²) in [6, 6.07) is 19.5. The van der Waals surface area contributed by atoms with Crippen molar-refractivity contribution in [2.24, 2.45) is 0 Å². The van der Waals surface area contributed by atoms with Gasteiger partial charge in [-0.25, -0.2) is 9.36 Å². The highest BCUT2D eigenvalue weighted by Crippen LogP contribution is 2.20. The number of amides is 1. The number of para-hydroxylation sites is 1. The Morgan fingerprint density at radius 3 is 2.55 bits per heavy atom. The van der Waals surface area contributed by atoms with Crippen LogP contribution in [0.5, 0.6) is 0 Å². The zero-order valence-electron chi connectivity index (χ0n) is 19.0. The number of carbonyl (C=O) groups is 1. The molecule has 0 aliphatic rings. The molecule has 33 heavy (non-hydrogen) atoms. The molecule has 0 radical (unpaired) electrons. The molecule has 4 rings (SSSR count). The quantitative estimate of drug-likeness (QED) is 0.420. The topological polar surface area (TPSA) is 68.0 Å². The molecule has 170 valence electrons. The summed E-state index contributed by atoms with van der Waals surface area (Å²) < 4.78 is 3.68. The van der Waals surface area contributed by atoms with Crippen LogP contribution in [-0.2, 0) is 17.9 Å². The maximum atomic E-state index is 12.7. The van der Waals surface area contributed by atoms with Crippen molar-refractivity contribution in [1.29, 1.82) is 0 Å². The minimum atomic E-state index is -0.107. The molecule has 0 aliphatic heterocycles. The minimum absolute atomic E-state index is 0.107. The molecule has 0 aliphatic carbocycles. The van der Waals surface area contributed by atoms with E-state index >= 15 is 0 Å². The van der Waals surface area contributed by atoms with Crippen molar-refractivity contribution in [2.75, 3.05) is 18.9 Å². The van der Waals surface area contributed by atoms with Crippen LogP contribution in [0.3, 0.4) is 0 Å². The van der Waals surface area contributed by atoms with Gasteiger partial charge < -0.3 is 5.32 Å². The van der Waals surface area contributed by atoms with Gasteiger partial charge in [-0.2, -0.15) is 10.2 Å². The summed E-state index contributed by atoms with van der Waals surface area (Å²) in [5.41, 5.74) is 5.12. The molecule has 2 aromatic carbocycles. The van der Waals surface area contributed by atoms with Crippen LogP contribution in [-0.4, -0.2) is 44.0 Å². The number of nitrogens with one attached hydrogen (secondary N) is 1. The fraction of sp³-hybridized carbons (Fsp3) is 0.240. The van der Waals surface area contributed by atoms with Gasteiger partial charge in [-0.3, -0.25) is 9.69 Å². The van der Waals surface area contributed by atoms with Crippen molar-refractivity contribution in [1.82, 2.24) is 24.5 Å². The van der Waals surface area contributed by atoms with E-state index in [0.717, 1.165) is 28.2 Å². The number of rotatable bonds is 8. The first-order valence-electron chi connectivity index (χ1n) is 10.8. The van der Waals surface area contributed by atoms with Gasteiger partial charge >= 0.3 is 0 Å². The summed E-state index contributed by atoms with van der Waals surface area (Å²) in [6.07, 6.45) is 1.67. The van der Waals surface area contributed by atoms with Crippen molar-refractivity contribution >= 4 is 23.3 Å². The minimum Gasteiger partial charge on any atom is -0.310 e. The Labute approximate surface area is 198 Å². The predicted molar refractivity (Wildman–Crippen MR) is 131 cm³/mol. The molecule has 2 heterocycles. The van der Waals surface area contributed by atoms with E-state index in [0.29, 0.717) is 23.9 Å². The summed E-state index contributed by atoms with van der Waals surface area (Å²) in [5.74, 6) is 0.529. The molecule has 1 amide bonds. The van der Waals surface area contributed by atoms with Gasteiger partial charge in [0.2, 0.25) is 5.91 Å². The van der Waals surface area contributed by atoms with Gasteiger partial charge in [-0.05, 0) is 44.7 Å². The number of anilines is 1. The van der Waals surface area contributed by atoms with Crippen molar-refractivity contribution in [3.05, 3.63) is 94.4 Å². The van der Waals surface area contributed by atoms with Crippen LogP contribution in [0.4, 0.5) is 5.82 Å². The number of nitrogens with zero attached hydrogens (tertiary/aromatic N) is 5. The van der Waals surface area contributed by atoms with E-state index in [1.54, 1.807) is 16.9 Å². The molecule has 0 bridgehead atoms. The molecule has 2 aromatic heterocycles. The Morgan fingerprint density at radius 2 is 1.79 bits per heavy atom.